The van der Waals surface area contributed by atoms with E-state index in [1.807, 2.05) is 4.90 Å². The van der Waals surface area contributed by atoms with Crippen molar-refractivity contribution in [3.63, 3.8) is 0 Å². The zero-order chi connectivity index (χ0) is 14.0. The van der Waals surface area contributed by atoms with Crippen LogP contribution >= 0.6 is 15.9 Å². The molecule has 1 aromatic rings. The van der Waals surface area contributed by atoms with Crippen molar-refractivity contribution in [2.75, 3.05) is 24.5 Å². The maximum atomic E-state index is 14.0. The van der Waals surface area contributed by atoms with E-state index in [9.17, 15) is 8.78 Å². The molecule has 2 nitrogen and oxygen atoms in total. The third-order valence-corrected chi connectivity index (χ3v) is 4.14. The molecule has 1 N–H and O–H groups in total. The first-order chi connectivity index (χ1) is 8.99. The van der Waals surface area contributed by atoms with E-state index in [0.29, 0.717) is 22.1 Å². The Morgan fingerprint density at radius 1 is 1.37 bits per heavy atom. The number of rotatable bonds is 2. The summed E-state index contributed by atoms with van der Waals surface area (Å²) < 4.78 is 27.7. The van der Waals surface area contributed by atoms with Gasteiger partial charge < -0.3 is 10.2 Å². The average molecular weight is 333 g/mol. The van der Waals surface area contributed by atoms with Gasteiger partial charge in [-0.2, -0.15) is 0 Å². The van der Waals surface area contributed by atoms with Crippen molar-refractivity contribution in [1.29, 1.82) is 0 Å². The Bertz CT molecular complexity index is 428. The fourth-order valence-electron chi connectivity index (χ4n) is 2.44. The van der Waals surface area contributed by atoms with E-state index in [-0.39, 0.29) is 0 Å². The molecule has 5 heteroatoms. The third-order valence-electron chi connectivity index (χ3n) is 3.53. The number of benzene rings is 1. The van der Waals surface area contributed by atoms with Crippen LogP contribution in [0.4, 0.5) is 14.5 Å². The van der Waals surface area contributed by atoms with Gasteiger partial charge in [0.25, 0.3) is 0 Å². The summed E-state index contributed by atoms with van der Waals surface area (Å²) in [4.78, 5) is 2.00. The molecule has 1 saturated heterocycles. The summed E-state index contributed by atoms with van der Waals surface area (Å²) >= 11 is 3.27. The van der Waals surface area contributed by atoms with Crippen molar-refractivity contribution in [2.24, 2.45) is 5.92 Å². The molecule has 0 aromatic heterocycles. The number of nitrogens with zero attached hydrogens (tertiary/aromatic N) is 1. The lowest BCUT2D eigenvalue weighted by molar-refractivity contribution is 0.419. The van der Waals surface area contributed by atoms with Crippen LogP contribution in [0, 0.1) is 17.6 Å². The van der Waals surface area contributed by atoms with Crippen LogP contribution in [-0.4, -0.2) is 25.7 Å². The van der Waals surface area contributed by atoms with Gasteiger partial charge >= 0.3 is 0 Å². The Balaban J connectivity index is 2.29. The Kier molecular flexibility index (Phi) is 4.79. The monoisotopic (exact) mass is 332 g/mol. The molecule has 1 heterocycles. The van der Waals surface area contributed by atoms with Crippen LogP contribution in [0.3, 0.4) is 0 Å². The Labute approximate surface area is 121 Å². The summed E-state index contributed by atoms with van der Waals surface area (Å²) in [5, 5.41) is 3.48. The van der Waals surface area contributed by atoms with Crippen LogP contribution < -0.4 is 10.2 Å². The standard InChI is InChI=1S/C14H19BrF2N2/c1-9(2)13-8-19(5-3-4-18-13)14-11(15)6-10(16)7-12(14)17/h6-7,9,13,18H,3-5,8H2,1-2H3. The molecule has 0 spiro atoms. The van der Waals surface area contributed by atoms with E-state index < -0.39 is 11.6 Å². The highest BCUT2D eigenvalue weighted by molar-refractivity contribution is 9.10. The molecule has 0 saturated carbocycles. The van der Waals surface area contributed by atoms with Gasteiger partial charge in [0.05, 0.1) is 5.69 Å². The van der Waals surface area contributed by atoms with E-state index in [1.165, 1.54) is 6.07 Å². The summed E-state index contributed by atoms with van der Waals surface area (Å²) in [6, 6.07) is 2.59. The van der Waals surface area contributed by atoms with Crippen LogP contribution in [0.15, 0.2) is 16.6 Å². The molecule has 1 atom stereocenters. The minimum Gasteiger partial charge on any atom is -0.367 e. The molecule has 0 radical (unpaired) electrons. The predicted octanol–water partition coefficient (Wildman–Crippen LogP) is 3.55. The van der Waals surface area contributed by atoms with Crippen LogP contribution in [0.5, 0.6) is 0 Å². The van der Waals surface area contributed by atoms with Crippen molar-refractivity contribution in [2.45, 2.75) is 26.3 Å². The van der Waals surface area contributed by atoms with Gasteiger partial charge in [-0.25, -0.2) is 8.78 Å². The SMILES string of the molecule is CC(C)C1CN(c2c(F)cc(F)cc2Br)CCCN1. The molecule has 19 heavy (non-hydrogen) atoms. The Morgan fingerprint density at radius 3 is 2.74 bits per heavy atom. The Hall–Kier alpha value is -0.680. The van der Waals surface area contributed by atoms with Gasteiger partial charge in [-0.3, -0.25) is 0 Å². The zero-order valence-corrected chi connectivity index (χ0v) is 12.8. The molecule has 1 aromatic carbocycles. The van der Waals surface area contributed by atoms with Gasteiger partial charge in [0.15, 0.2) is 5.82 Å². The molecular formula is C14H19BrF2N2. The molecule has 2 rings (SSSR count). The Morgan fingerprint density at radius 2 is 2.11 bits per heavy atom. The van der Waals surface area contributed by atoms with Gasteiger partial charge in [0.1, 0.15) is 5.82 Å². The number of halogens is 3. The number of hydrogen-bond donors (Lipinski definition) is 1. The highest BCUT2D eigenvalue weighted by atomic mass is 79.9. The summed E-state index contributed by atoms with van der Waals surface area (Å²) in [5.41, 5.74) is 0.468. The minimum atomic E-state index is -0.554. The summed E-state index contributed by atoms with van der Waals surface area (Å²) in [5.74, 6) is -0.583. The third kappa shape index (κ3) is 3.45. The molecular weight excluding hydrogens is 314 g/mol. The molecule has 0 amide bonds. The van der Waals surface area contributed by atoms with E-state index >= 15 is 0 Å². The largest absolute Gasteiger partial charge is 0.367 e. The summed E-state index contributed by atoms with van der Waals surface area (Å²) in [6.45, 7) is 6.74. The second-order valence-corrected chi connectivity index (χ2v) is 6.18. The van der Waals surface area contributed by atoms with Gasteiger partial charge in [-0.05, 0) is 40.9 Å². The van der Waals surface area contributed by atoms with E-state index in [4.69, 9.17) is 0 Å². The van der Waals surface area contributed by atoms with Gasteiger partial charge in [-0.15, -0.1) is 0 Å². The molecule has 0 aliphatic carbocycles. The van der Waals surface area contributed by atoms with Crippen LogP contribution in [0.25, 0.3) is 0 Å². The predicted molar refractivity (Wildman–Crippen MR) is 77.5 cm³/mol. The fourth-order valence-corrected chi connectivity index (χ4v) is 3.10. The highest BCUT2D eigenvalue weighted by Crippen LogP contribution is 2.31. The number of anilines is 1. The normalized spacial score (nSPS) is 20.7. The second kappa shape index (κ2) is 6.18. The lowest BCUT2D eigenvalue weighted by Crippen LogP contribution is -2.41. The molecule has 106 valence electrons. The molecule has 0 bridgehead atoms. The lowest BCUT2D eigenvalue weighted by Gasteiger charge is -2.29. The summed E-state index contributed by atoms with van der Waals surface area (Å²) in [6.07, 6.45) is 0.951. The smallest absolute Gasteiger partial charge is 0.150 e. The average Bonchev–Trinajstić information content (AvgIpc) is 2.53. The first-order valence-electron chi connectivity index (χ1n) is 6.62. The lowest BCUT2D eigenvalue weighted by atomic mass is 10.0. The van der Waals surface area contributed by atoms with E-state index in [2.05, 4.69) is 35.1 Å². The van der Waals surface area contributed by atoms with Crippen molar-refractivity contribution < 1.29 is 8.78 Å². The summed E-state index contributed by atoms with van der Waals surface area (Å²) in [7, 11) is 0. The van der Waals surface area contributed by atoms with E-state index in [1.54, 1.807) is 0 Å². The quantitative estimate of drug-likeness (QED) is 0.890. The highest BCUT2D eigenvalue weighted by Gasteiger charge is 2.24. The van der Waals surface area contributed by atoms with Gasteiger partial charge in [-0.1, -0.05) is 13.8 Å². The van der Waals surface area contributed by atoms with Crippen molar-refractivity contribution in [1.82, 2.24) is 5.32 Å². The number of nitrogens with one attached hydrogen (secondary N) is 1. The van der Waals surface area contributed by atoms with Gasteiger partial charge in [0.2, 0.25) is 0 Å². The van der Waals surface area contributed by atoms with Crippen molar-refractivity contribution in [3.8, 4) is 0 Å². The molecule has 1 aliphatic heterocycles. The maximum Gasteiger partial charge on any atom is 0.150 e. The minimum absolute atomic E-state index is 0.318. The maximum absolute atomic E-state index is 14.0. The first kappa shape index (κ1) is 14.7. The fraction of sp³-hybridized carbons (Fsp3) is 0.571. The van der Waals surface area contributed by atoms with Crippen molar-refractivity contribution in [3.05, 3.63) is 28.2 Å². The van der Waals surface area contributed by atoms with Crippen LogP contribution in [0.1, 0.15) is 20.3 Å². The molecule has 1 unspecified atom stereocenters. The molecule has 1 aliphatic rings. The number of hydrogen-bond acceptors (Lipinski definition) is 2. The topological polar surface area (TPSA) is 15.3 Å². The van der Waals surface area contributed by atoms with Crippen molar-refractivity contribution >= 4 is 21.6 Å². The van der Waals surface area contributed by atoms with E-state index in [0.717, 1.165) is 32.1 Å². The first-order valence-corrected chi connectivity index (χ1v) is 7.41. The second-order valence-electron chi connectivity index (χ2n) is 5.32. The molecule has 1 fully saturated rings. The van der Waals surface area contributed by atoms with Crippen LogP contribution in [0.2, 0.25) is 0 Å². The zero-order valence-electron chi connectivity index (χ0n) is 11.2. The van der Waals surface area contributed by atoms with Gasteiger partial charge in [0, 0.05) is 29.7 Å². The van der Waals surface area contributed by atoms with Crippen LogP contribution in [-0.2, 0) is 0 Å².